The van der Waals surface area contributed by atoms with Gasteiger partial charge >= 0.3 is 0 Å². The van der Waals surface area contributed by atoms with Gasteiger partial charge in [-0.15, -0.1) is 0 Å². The van der Waals surface area contributed by atoms with Crippen LogP contribution < -0.4 is 0 Å². The average Bonchev–Trinajstić information content (AvgIpc) is 3.05. The number of nitrogens with zero attached hydrogens (tertiary/aromatic N) is 2. The minimum absolute atomic E-state index is 0.00204. The number of benzene rings is 2. The van der Waals surface area contributed by atoms with Crippen molar-refractivity contribution in [3.05, 3.63) is 69.7 Å². The first-order chi connectivity index (χ1) is 14.9. The van der Waals surface area contributed by atoms with Gasteiger partial charge in [-0.25, -0.2) is 0 Å². The van der Waals surface area contributed by atoms with Crippen LogP contribution in [0.2, 0.25) is 10.0 Å². The molecule has 0 spiro atoms. The molecular weight excluding hydrogens is 435 g/mol. The number of halogens is 2. The van der Waals surface area contributed by atoms with Gasteiger partial charge in [0.05, 0.1) is 18.9 Å². The van der Waals surface area contributed by atoms with Crippen LogP contribution in [0.1, 0.15) is 36.8 Å². The molecule has 1 saturated heterocycles. The van der Waals surface area contributed by atoms with Gasteiger partial charge in [-0.3, -0.25) is 19.3 Å². The fraction of sp³-hybridized carbons (Fsp3) is 0.375. The number of hydrogen-bond donors (Lipinski definition) is 0. The van der Waals surface area contributed by atoms with Crippen LogP contribution in [-0.2, 0) is 27.2 Å². The van der Waals surface area contributed by atoms with Gasteiger partial charge in [0.15, 0.2) is 0 Å². The van der Waals surface area contributed by atoms with Crippen molar-refractivity contribution >= 4 is 40.9 Å². The summed E-state index contributed by atoms with van der Waals surface area (Å²) in [5.74, 6) is -0.687. The maximum Gasteiger partial charge on any atom is 0.233 e. The molecule has 31 heavy (non-hydrogen) atoms. The van der Waals surface area contributed by atoms with Crippen molar-refractivity contribution in [1.82, 2.24) is 9.80 Å². The van der Waals surface area contributed by atoms with Gasteiger partial charge in [0.2, 0.25) is 17.7 Å². The molecule has 0 radical (unpaired) electrons. The van der Waals surface area contributed by atoms with E-state index in [1.54, 1.807) is 36.4 Å². The van der Waals surface area contributed by atoms with E-state index in [4.69, 9.17) is 23.2 Å². The third-order valence-corrected chi connectivity index (χ3v) is 6.89. The lowest BCUT2D eigenvalue weighted by Gasteiger charge is -2.35. The number of amides is 3. The number of likely N-dealkylation sites (tertiary alicyclic amines) is 1. The Morgan fingerprint density at radius 1 is 0.903 bits per heavy atom. The molecular formula is C24H24Cl2N2O3. The summed E-state index contributed by atoms with van der Waals surface area (Å²) < 4.78 is 0. The van der Waals surface area contributed by atoms with E-state index >= 15 is 0 Å². The molecule has 162 valence electrons. The monoisotopic (exact) mass is 458 g/mol. The Hall–Kier alpha value is -2.37. The quantitative estimate of drug-likeness (QED) is 0.648. The molecule has 2 aliphatic rings. The molecule has 0 aromatic heterocycles. The van der Waals surface area contributed by atoms with Crippen LogP contribution in [0.5, 0.6) is 0 Å². The normalized spacial score (nSPS) is 18.7. The van der Waals surface area contributed by atoms with Crippen LogP contribution in [0.3, 0.4) is 0 Å². The fourth-order valence-corrected chi connectivity index (χ4v) is 4.67. The van der Waals surface area contributed by atoms with Gasteiger partial charge in [0, 0.05) is 29.1 Å². The van der Waals surface area contributed by atoms with Crippen molar-refractivity contribution in [3.8, 4) is 0 Å². The summed E-state index contributed by atoms with van der Waals surface area (Å²) >= 11 is 12.5. The summed E-state index contributed by atoms with van der Waals surface area (Å²) in [6.07, 6.45) is 3.25. The molecule has 1 unspecified atom stereocenters. The molecule has 4 rings (SSSR count). The smallest absolute Gasteiger partial charge is 0.233 e. The Balaban J connectivity index is 1.57. The van der Waals surface area contributed by atoms with Crippen molar-refractivity contribution in [1.29, 1.82) is 0 Å². The molecule has 0 bridgehead atoms. The predicted octanol–water partition coefficient (Wildman–Crippen LogP) is 4.29. The van der Waals surface area contributed by atoms with E-state index in [-0.39, 0.29) is 43.0 Å². The number of carbonyl (C=O) groups is 3. The van der Waals surface area contributed by atoms with Gasteiger partial charge in [-0.05, 0) is 42.5 Å². The maximum absolute atomic E-state index is 13.3. The van der Waals surface area contributed by atoms with Gasteiger partial charge < -0.3 is 4.90 Å². The summed E-state index contributed by atoms with van der Waals surface area (Å²) in [5, 5.41) is 0.959. The Morgan fingerprint density at radius 2 is 1.42 bits per heavy atom. The third kappa shape index (κ3) is 4.78. The number of hydrogen-bond acceptors (Lipinski definition) is 3. The van der Waals surface area contributed by atoms with Crippen LogP contribution in [0.4, 0.5) is 0 Å². The van der Waals surface area contributed by atoms with Crippen LogP contribution in [0, 0.1) is 0 Å². The summed E-state index contributed by atoms with van der Waals surface area (Å²) in [7, 11) is 0. The standard InChI is InChI=1S/C24H24Cl2N2O3/c25-20-10-3-1-6-16(20)12-23(30)28(24(31)13-17-7-2-4-11-21(17)26)19-14-22(29)27(15-19)18-8-5-9-18/h1-4,6-7,10-11,18-19H,5,8-9,12-15H2. The molecule has 1 atom stereocenters. The second-order valence-corrected chi connectivity index (χ2v) is 9.00. The molecule has 1 aliphatic carbocycles. The Kier molecular flexibility index (Phi) is 6.63. The van der Waals surface area contributed by atoms with Gasteiger partial charge in [-0.2, -0.15) is 0 Å². The molecule has 2 aromatic carbocycles. The maximum atomic E-state index is 13.3. The lowest BCUT2D eigenvalue weighted by atomic mass is 9.92. The predicted molar refractivity (Wildman–Crippen MR) is 120 cm³/mol. The molecule has 1 saturated carbocycles. The van der Waals surface area contributed by atoms with Gasteiger partial charge in [-0.1, -0.05) is 59.6 Å². The Bertz CT molecular complexity index is 946. The van der Waals surface area contributed by atoms with Crippen LogP contribution in [-0.4, -0.2) is 46.1 Å². The zero-order chi connectivity index (χ0) is 22.0. The first-order valence-electron chi connectivity index (χ1n) is 10.5. The number of carbonyl (C=O) groups excluding carboxylic acids is 3. The van der Waals surface area contributed by atoms with Crippen molar-refractivity contribution in [3.63, 3.8) is 0 Å². The van der Waals surface area contributed by atoms with Crippen molar-refractivity contribution in [2.24, 2.45) is 0 Å². The van der Waals surface area contributed by atoms with Gasteiger partial charge in [0.25, 0.3) is 0 Å². The van der Waals surface area contributed by atoms with Crippen LogP contribution >= 0.6 is 23.2 Å². The lowest BCUT2D eigenvalue weighted by Crippen LogP contribution is -2.48. The topological polar surface area (TPSA) is 57.7 Å². The van der Waals surface area contributed by atoms with Gasteiger partial charge in [0.1, 0.15) is 0 Å². The number of imide groups is 1. The van der Waals surface area contributed by atoms with E-state index in [2.05, 4.69) is 0 Å². The minimum Gasteiger partial charge on any atom is -0.338 e. The average molecular weight is 459 g/mol. The highest BCUT2D eigenvalue weighted by atomic mass is 35.5. The third-order valence-electron chi connectivity index (χ3n) is 6.16. The lowest BCUT2D eigenvalue weighted by molar-refractivity contribution is -0.146. The van der Waals surface area contributed by atoms with E-state index in [1.807, 2.05) is 17.0 Å². The molecule has 2 aromatic rings. The van der Waals surface area contributed by atoms with E-state index in [9.17, 15) is 14.4 Å². The second-order valence-electron chi connectivity index (χ2n) is 8.18. The summed E-state index contributed by atoms with van der Waals surface area (Å²) in [6.45, 7) is 0.395. The number of rotatable bonds is 6. The van der Waals surface area contributed by atoms with E-state index in [1.165, 1.54) is 4.90 Å². The van der Waals surface area contributed by atoms with Crippen LogP contribution in [0.25, 0.3) is 0 Å². The van der Waals surface area contributed by atoms with Crippen molar-refractivity contribution < 1.29 is 14.4 Å². The highest BCUT2D eigenvalue weighted by Crippen LogP contribution is 2.31. The minimum atomic E-state index is -0.474. The summed E-state index contributed by atoms with van der Waals surface area (Å²) in [4.78, 5) is 42.4. The molecule has 0 N–H and O–H groups in total. The van der Waals surface area contributed by atoms with Crippen molar-refractivity contribution in [2.45, 2.75) is 50.6 Å². The van der Waals surface area contributed by atoms with E-state index in [0.29, 0.717) is 27.7 Å². The van der Waals surface area contributed by atoms with Crippen LogP contribution in [0.15, 0.2) is 48.5 Å². The summed E-state index contributed by atoms with van der Waals surface area (Å²) in [5.41, 5.74) is 1.31. The molecule has 2 fully saturated rings. The fourth-order valence-electron chi connectivity index (χ4n) is 4.26. The zero-order valence-corrected chi connectivity index (χ0v) is 18.6. The molecule has 3 amide bonds. The Morgan fingerprint density at radius 3 is 1.87 bits per heavy atom. The zero-order valence-electron chi connectivity index (χ0n) is 17.1. The molecule has 5 nitrogen and oxygen atoms in total. The summed E-state index contributed by atoms with van der Waals surface area (Å²) in [6, 6.07) is 14.0. The highest BCUT2D eigenvalue weighted by Gasteiger charge is 2.42. The highest BCUT2D eigenvalue weighted by molar-refractivity contribution is 6.32. The molecule has 1 heterocycles. The first kappa shape index (κ1) is 21.8. The largest absolute Gasteiger partial charge is 0.338 e. The van der Waals surface area contributed by atoms with Crippen molar-refractivity contribution in [2.75, 3.05) is 6.54 Å². The molecule has 1 aliphatic heterocycles. The molecule has 7 heteroatoms. The SMILES string of the molecule is O=C1CC(N(C(=O)Cc2ccccc2Cl)C(=O)Cc2ccccc2Cl)CN1C1CCC1. The Labute approximate surface area is 191 Å². The van der Waals surface area contributed by atoms with E-state index < -0.39 is 6.04 Å². The second kappa shape index (κ2) is 9.41. The van der Waals surface area contributed by atoms with E-state index in [0.717, 1.165) is 19.3 Å². The first-order valence-corrected chi connectivity index (χ1v) is 11.3.